The minimum Gasteiger partial charge on any atom is -0.481 e. The second-order valence-electron chi connectivity index (χ2n) is 15.1. The molecule has 4 fully saturated rings. The first-order valence-corrected chi connectivity index (χ1v) is 14.0. The highest BCUT2D eigenvalue weighted by Gasteiger charge is 2.72. The van der Waals surface area contributed by atoms with Gasteiger partial charge in [0.05, 0.1) is 17.6 Å². The van der Waals surface area contributed by atoms with Crippen LogP contribution in [0, 0.1) is 50.2 Å². The molecule has 0 bridgehead atoms. The fourth-order valence-corrected chi connectivity index (χ4v) is 10.9. The third-order valence-corrected chi connectivity index (χ3v) is 12.9. The second kappa shape index (κ2) is 7.59. The molecule has 0 aromatic heterocycles. The van der Waals surface area contributed by atoms with E-state index in [-0.39, 0.29) is 39.4 Å². The normalized spacial score (nSPS) is 53.7. The molecule has 0 heterocycles. The summed E-state index contributed by atoms with van der Waals surface area (Å²) in [4.78, 5) is 25.3. The number of hydrogen-bond acceptors (Lipinski definition) is 4. The number of allylic oxidation sites excluding steroid dienone is 2. The lowest BCUT2D eigenvalue weighted by Gasteiger charge is -2.71. The molecule has 0 aromatic carbocycles. The van der Waals surface area contributed by atoms with Crippen molar-refractivity contribution >= 4 is 11.9 Å². The lowest BCUT2D eigenvalue weighted by atomic mass is 9.33. The number of rotatable bonds is 2. The van der Waals surface area contributed by atoms with Gasteiger partial charge in [0.25, 0.3) is 0 Å². The highest BCUT2D eigenvalue weighted by atomic mass is 16.4. The fourth-order valence-electron chi connectivity index (χ4n) is 10.9. The SMILES string of the molecule is CC1(C)CC[C@]2(C(=O)O)[C@H](O)C[C@]3(C)C(=CC[C@H]4[C@@]5(C)C[C@H](O)C[C@@](C)(C(=O)O)[C@H]5CC[C@]43C)[C@@H]2C1. The largest absolute Gasteiger partial charge is 0.481 e. The van der Waals surface area contributed by atoms with Crippen LogP contribution in [0.25, 0.3) is 0 Å². The lowest BCUT2D eigenvalue weighted by molar-refractivity contribution is -0.221. The molecule has 0 saturated heterocycles. The van der Waals surface area contributed by atoms with Crippen LogP contribution < -0.4 is 0 Å². The number of aliphatic hydroxyl groups excluding tert-OH is 2. The molecule has 202 valence electrons. The predicted molar refractivity (Wildman–Crippen MR) is 136 cm³/mol. The van der Waals surface area contributed by atoms with Crippen molar-refractivity contribution in [1.29, 1.82) is 0 Å². The molecule has 0 aromatic rings. The summed E-state index contributed by atoms with van der Waals surface area (Å²) in [6.07, 6.45) is 6.51. The first-order chi connectivity index (χ1) is 16.5. The van der Waals surface area contributed by atoms with E-state index >= 15 is 0 Å². The average Bonchev–Trinajstić information content (AvgIpc) is 2.72. The monoisotopic (exact) mass is 502 g/mol. The van der Waals surface area contributed by atoms with Crippen LogP contribution in [0.2, 0.25) is 0 Å². The Bertz CT molecular complexity index is 1020. The predicted octanol–water partition coefficient (Wildman–Crippen LogP) is 5.27. The molecule has 0 unspecified atom stereocenters. The first kappa shape index (κ1) is 26.2. The Hall–Kier alpha value is -1.40. The van der Waals surface area contributed by atoms with Gasteiger partial charge in [-0.2, -0.15) is 0 Å². The summed E-state index contributed by atoms with van der Waals surface area (Å²) in [6, 6.07) is 0. The zero-order valence-electron chi connectivity index (χ0n) is 22.9. The number of fused-ring (bicyclic) bond motifs is 7. The van der Waals surface area contributed by atoms with Gasteiger partial charge in [0.2, 0.25) is 0 Å². The topological polar surface area (TPSA) is 115 Å². The van der Waals surface area contributed by atoms with Crippen LogP contribution in [0.4, 0.5) is 0 Å². The average molecular weight is 503 g/mol. The van der Waals surface area contributed by atoms with Crippen LogP contribution in [0.15, 0.2) is 11.6 Å². The number of carbonyl (C=O) groups is 2. The molecule has 5 aliphatic rings. The van der Waals surface area contributed by atoms with Crippen LogP contribution in [0.5, 0.6) is 0 Å². The van der Waals surface area contributed by atoms with Gasteiger partial charge in [-0.05, 0) is 104 Å². The number of carboxylic acid groups (broad SMARTS) is 2. The van der Waals surface area contributed by atoms with Crippen molar-refractivity contribution in [2.75, 3.05) is 0 Å². The van der Waals surface area contributed by atoms with Crippen LogP contribution in [-0.4, -0.2) is 44.6 Å². The third-order valence-electron chi connectivity index (χ3n) is 12.9. The van der Waals surface area contributed by atoms with E-state index in [9.17, 15) is 30.0 Å². The summed E-state index contributed by atoms with van der Waals surface area (Å²) in [5.74, 6) is -1.75. The molecule has 0 aliphatic heterocycles. The molecule has 6 heteroatoms. The van der Waals surface area contributed by atoms with Gasteiger partial charge in [-0.15, -0.1) is 0 Å². The van der Waals surface area contributed by atoms with Crippen molar-refractivity contribution in [2.24, 2.45) is 50.2 Å². The van der Waals surface area contributed by atoms with Crippen molar-refractivity contribution in [3.8, 4) is 0 Å². The van der Waals surface area contributed by atoms with Crippen molar-refractivity contribution in [3.63, 3.8) is 0 Å². The zero-order valence-corrected chi connectivity index (χ0v) is 22.9. The second-order valence-corrected chi connectivity index (χ2v) is 15.1. The molecule has 0 spiro atoms. The molecule has 10 atom stereocenters. The van der Waals surface area contributed by atoms with Crippen LogP contribution in [-0.2, 0) is 9.59 Å². The number of carboxylic acids is 2. The van der Waals surface area contributed by atoms with Crippen LogP contribution in [0.3, 0.4) is 0 Å². The summed E-state index contributed by atoms with van der Waals surface area (Å²) in [6.45, 7) is 13.0. The third kappa shape index (κ3) is 3.03. The molecule has 0 radical (unpaired) electrons. The van der Waals surface area contributed by atoms with E-state index in [1.165, 1.54) is 5.57 Å². The summed E-state index contributed by atoms with van der Waals surface area (Å²) in [7, 11) is 0. The maximum Gasteiger partial charge on any atom is 0.312 e. The van der Waals surface area contributed by atoms with Gasteiger partial charge in [0.15, 0.2) is 0 Å². The Morgan fingerprint density at radius 3 is 2.11 bits per heavy atom. The maximum atomic E-state index is 12.8. The van der Waals surface area contributed by atoms with Gasteiger partial charge < -0.3 is 20.4 Å². The molecule has 4 saturated carbocycles. The molecular weight excluding hydrogens is 456 g/mol. The van der Waals surface area contributed by atoms with Crippen molar-refractivity contribution in [1.82, 2.24) is 0 Å². The Balaban J connectivity index is 1.64. The molecular formula is C30H46O6. The molecule has 5 aliphatic carbocycles. The fraction of sp³-hybridized carbons (Fsp3) is 0.867. The standard InChI is InChI=1S/C30H46O6/c1-25(2)11-12-30(24(35)36)19(15-25)18-7-8-21-26(3)13-17(31)14-27(4,23(33)34)20(26)9-10-28(21,5)29(18,6)16-22(30)32/h7,17,19-22,31-32H,8-16H2,1-6H3,(H,33,34)(H,35,36)/t17-,19-,20-,21-,22+,26-,27+,28+,29+,30+/m0/s1. The van der Waals surface area contributed by atoms with Crippen molar-refractivity contribution in [2.45, 2.75) is 112 Å². The Labute approximate surface area is 215 Å². The van der Waals surface area contributed by atoms with E-state index in [0.717, 1.165) is 32.1 Å². The van der Waals surface area contributed by atoms with Gasteiger partial charge in [-0.1, -0.05) is 46.3 Å². The molecule has 36 heavy (non-hydrogen) atoms. The minimum absolute atomic E-state index is 0.0145. The summed E-state index contributed by atoms with van der Waals surface area (Å²) in [5, 5.41) is 43.4. The van der Waals surface area contributed by atoms with E-state index in [4.69, 9.17) is 0 Å². The smallest absolute Gasteiger partial charge is 0.312 e. The highest BCUT2D eigenvalue weighted by Crippen LogP contribution is 2.75. The molecule has 0 amide bonds. The van der Waals surface area contributed by atoms with Gasteiger partial charge in [0.1, 0.15) is 5.41 Å². The van der Waals surface area contributed by atoms with Crippen LogP contribution in [0.1, 0.15) is 99.3 Å². The van der Waals surface area contributed by atoms with Crippen LogP contribution >= 0.6 is 0 Å². The van der Waals surface area contributed by atoms with E-state index in [0.29, 0.717) is 25.7 Å². The number of aliphatic carboxylic acids is 2. The highest BCUT2D eigenvalue weighted by molar-refractivity contribution is 5.78. The summed E-state index contributed by atoms with van der Waals surface area (Å²) >= 11 is 0. The zero-order chi connectivity index (χ0) is 26.7. The summed E-state index contributed by atoms with van der Waals surface area (Å²) in [5.41, 5.74) is -1.79. The number of aliphatic hydroxyl groups is 2. The van der Waals surface area contributed by atoms with Gasteiger partial charge in [-0.3, -0.25) is 9.59 Å². The van der Waals surface area contributed by atoms with Gasteiger partial charge >= 0.3 is 11.9 Å². The van der Waals surface area contributed by atoms with Crippen molar-refractivity contribution in [3.05, 3.63) is 11.6 Å². The maximum absolute atomic E-state index is 12.8. The van der Waals surface area contributed by atoms with E-state index in [2.05, 4.69) is 40.7 Å². The van der Waals surface area contributed by atoms with Gasteiger partial charge in [-0.25, -0.2) is 0 Å². The number of hydrogen-bond donors (Lipinski definition) is 4. The Morgan fingerprint density at radius 2 is 1.50 bits per heavy atom. The van der Waals surface area contributed by atoms with E-state index in [1.54, 1.807) is 0 Å². The molecule has 5 rings (SSSR count). The van der Waals surface area contributed by atoms with Crippen molar-refractivity contribution < 1.29 is 30.0 Å². The van der Waals surface area contributed by atoms with E-state index in [1.807, 2.05) is 6.92 Å². The first-order valence-electron chi connectivity index (χ1n) is 14.0. The minimum atomic E-state index is -1.13. The Morgan fingerprint density at radius 1 is 0.833 bits per heavy atom. The molecule has 6 nitrogen and oxygen atoms in total. The lowest BCUT2D eigenvalue weighted by Crippen LogP contribution is -2.68. The summed E-state index contributed by atoms with van der Waals surface area (Å²) < 4.78 is 0. The molecule has 4 N–H and O–H groups in total. The quantitative estimate of drug-likeness (QED) is 0.383. The Kier molecular flexibility index (Phi) is 5.53. The van der Waals surface area contributed by atoms with Gasteiger partial charge in [0, 0.05) is 0 Å². The van der Waals surface area contributed by atoms with E-state index < -0.39 is 35.0 Å².